The fourth-order valence-electron chi connectivity index (χ4n) is 3.10. The van der Waals surface area contributed by atoms with Gasteiger partial charge >= 0.3 is 0 Å². The molecular weight excluding hydrogens is 248 g/mol. The molecule has 0 saturated carbocycles. The molecule has 0 spiro atoms. The molecule has 0 aliphatic carbocycles. The predicted molar refractivity (Wildman–Crippen MR) is 86.4 cm³/mol. The van der Waals surface area contributed by atoms with E-state index in [2.05, 4.69) is 56.1 Å². The number of hydrogen-bond donors (Lipinski definition) is 1. The van der Waals surface area contributed by atoms with Gasteiger partial charge in [0.1, 0.15) is 5.75 Å². The van der Waals surface area contributed by atoms with Gasteiger partial charge in [0.2, 0.25) is 0 Å². The van der Waals surface area contributed by atoms with E-state index in [1.165, 1.54) is 5.56 Å². The Morgan fingerprint density at radius 2 is 1.85 bits per heavy atom. The molecule has 20 heavy (non-hydrogen) atoms. The predicted octanol–water partition coefficient (Wildman–Crippen LogP) is 3.47. The van der Waals surface area contributed by atoms with Gasteiger partial charge in [0.05, 0.1) is 12.6 Å². The van der Waals surface area contributed by atoms with Gasteiger partial charge in [0, 0.05) is 5.54 Å². The molecule has 0 aliphatic rings. The van der Waals surface area contributed by atoms with Crippen LogP contribution in [0.4, 0.5) is 0 Å². The van der Waals surface area contributed by atoms with Gasteiger partial charge in [-0.25, -0.2) is 0 Å². The summed E-state index contributed by atoms with van der Waals surface area (Å²) in [6, 6.07) is 8.68. The van der Waals surface area contributed by atoms with Crippen LogP contribution in [0.2, 0.25) is 0 Å². The second kappa shape index (κ2) is 7.65. The minimum Gasteiger partial charge on any atom is -0.494 e. The lowest BCUT2D eigenvalue weighted by Gasteiger charge is -2.43. The summed E-state index contributed by atoms with van der Waals surface area (Å²) in [7, 11) is 2.03. The molecule has 0 saturated heterocycles. The number of nitrogens with zero attached hydrogens (tertiary/aromatic N) is 1. The van der Waals surface area contributed by atoms with Crippen LogP contribution < -0.4 is 10.1 Å². The zero-order valence-corrected chi connectivity index (χ0v) is 13.9. The maximum Gasteiger partial charge on any atom is 0.119 e. The molecule has 0 radical (unpaired) electrons. The van der Waals surface area contributed by atoms with Crippen LogP contribution in [0.3, 0.4) is 0 Å². The van der Waals surface area contributed by atoms with Crippen molar-refractivity contribution in [1.82, 2.24) is 10.2 Å². The quantitative estimate of drug-likeness (QED) is 0.788. The summed E-state index contributed by atoms with van der Waals surface area (Å²) in [5.41, 5.74) is 1.32. The van der Waals surface area contributed by atoms with Gasteiger partial charge in [-0.3, -0.25) is 4.90 Å². The Labute approximate surface area is 124 Å². The summed E-state index contributed by atoms with van der Waals surface area (Å²) < 4.78 is 5.63. The molecule has 1 unspecified atom stereocenters. The number of nitrogens with one attached hydrogen (secondary N) is 1. The minimum atomic E-state index is 0.0447. The SMILES string of the molecule is CCOc1cccc(C(NC)C(C)(C)N(CC)CC)c1. The lowest BCUT2D eigenvalue weighted by molar-refractivity contribution is 0.0943. The second-order valence-corrected chi connectivity index (χ2v) is 5.55. The van der Waals surface area contributed by atoms with Crippen molar-refractivity contribution in [3.63, 3.8) is 0 Å². The molecule has 1 N–H and O–H groups in total. The fourth-order valence-corrected chi connectivity index (χ4v) is 3.10. The van der Waals surface area contributed by atoms with Gasteiger partial charge < -0.3 is 10.1 Å². The summed E-state index contributed by atoms with van der Waals surface area (Å²) in [6.07, 6.45) is 0. The van der Waals surface area contributed by atoms with Gasteiger partial charge in [-0.15, -0.1) is 0 Å². The average molecular weight is 278 g/mol. The van der Waals surface area contributed by atoms with Crippen molar-refractivity contribution in [2.24, 2.45) is 0 Å². The number of rotatable bonds is 8. The molecule has 114 valence electrons. The Balaban J connectivity index is 3.08. The summed E-state index contributed by atoms with van der Waals surface area (Å²) in [6.45, 7) is 13.8. The van der Waals surface area contributed by atoms with Crippen LogP contribution in [0.5, 0.6) is 5.75 Å². The van der Waals surface area contributed by atoms with E-state index in [1.807, 2.05) is 20.0 Å². The van der Waals surface area contributed by atoms with E-state index in [9.17, 15) is 0 Å². The van der Waals surface area contributed by atoms with Crippen LogP contribution in [0.15, 0.2) is 24.3 Å². The summed E-state index contributed by atoms with van der Waals surface area (Å²) >= 11 is 0. The molecule has 1 atom stereocenters. The summed E-state index contributed by atoms with van der Waals surface area (Å²) in [4.78, 5) is 2.49. The van der Waals surface area contributed by atoms with Gasteiger partial charge in [-0.1, -0.05) is 26.0 Å². The van der Waals surface area contributed by atoms with Gasteiger partial charge in [-0.2, -0.15) is 0 Å². The van der Waals surface area contributed by atoms with Gasteiger partial charge in [-0.05, 0) is 58.6 Å². The van der Waals surface area contributed by atoms with E-state index in [-0.39, 0.29) is 11.6 Å². The first-order valence-electron chi connectivity index (χ1n) is 7.66. The highest BCUT2D eigenvalue weighted by Gasteiger charge is 2.34. The first-order chi connectivity index (χ1) is 9.51. The van der Waals surface area contributed by atoms with Crippen molar-refractivity contribution in [2.45, 2.75) is 46.2 Å². The van der Waals surface area contributed by atoms with E-state index in [4.69, 9.17) is 4.74 Å². The molecular formula is C17H30N2O. The molecule has 0 fully saturated rings. The van der Waals surface area contributed by atoms with E-state index in [0.29, 0.717) is 6.61 Å². The maximum atomic E-state index is 5.63. The number of benzene rings is 1. The Morgan fingerprint density at radius 1 is 1.20 bits per heavy atom. The molecule has 1 aromatic rings. The monoisotopic (exact) mass is 278 g/mol. The standard InChI is InChI=1S/C17H30N2O/c1-7-19(8-2)17(4,5)16(18-6)14-11-10-12-15(13-14)20-9-3/h10-13,16,18H,7-9H2,1-6H3. The largest absolute Gasteiger partial charge is 0.494 e. The van der Waals surface area contributed by atoms with Crippen molar-refractivity contribution in [2.75, 3.05) is 26.7 Å². The Kier molecular flexibility index (Phi) is 6.50. The Morgan fingerprint density at radius 3 is 2.35 bits per heavy atom. The second-order valence-electron chi connectivity index (χ2n) is 5.55. The Bertz CT molecular complexity index is 400. The van der Waals surface area contributed by atoms with Crippen LogP contribution in [0.1, 0.15) is 46.2 Å². The third-order valence-electron chi connectivity index (χ3n) is 4.08. The van der Waals surface area contributed by atoms with Crippen molar-refractivity contribution in [1.29, 1.82) is 0 Å². The molecule has 1 aromatic carbocycles. The van der Waals surface area contributed by atoms with Crippen molar-refractivity contribution in [3.8, 4) is 5.75 Å². The number of ether oxygens (including phenoxy) is 1. The van der Waals surface area contributed by atoms with Crippen LogP contribution >= 0.6 is 0 Å². The molecule has 3 nitrogen and oxygen atoms in total. The highest BCUT2D eigenvalue weighted by molar-refractivity contribution is 5.32. The molecule has 3 heteroatoms. The molecule has 0 aromatic heterocycles. The molecule has 0 bridgehead atoms. The smallest absolute Gasteiger partial charge is 0.119 e. The minimum absolute atomic E-state index is 0.0447. The van der Waals surface area contributed by atoms with Gasteiger partial charge in [0.15, 0.2) is 0 Å². The number of likely N-dealkylation sites (N-methyl/N-ethyl adjacent to an activating group) is 2. The van der Waals surface area contributed by atoms with Crippen LogP contribution in [0, 0.1) is 0 Å². The molecule has 1 rings (SSSR count). The van der Waals surface area contributed by atoms with Crippen LogP contribution in [-0.4, -0.2) is 37.2 Å². The van der Waals surface area contributed by atoms with E-state index in [0.717, 1.165) is 18.8 Å². The fraction of sp³-hybridized carbons (Fsp3) is 0.647. The zero-order valence-electron chi connectivity index (χ0n) is 13.9. The Hall–Kier alpha value is -1.06. The molecule has 0 heterocycles. The van der Waals surface area contributed by atoms with Crippen molar-refractivity contribution < 1.29 is 4.74 Å². The van der Waals surface area contributed by atoms with Gasteiger partial charge in [0.25, 0.3) is 0 Å². The van der Waals surface area contributed by atoms with Crippen LogP contribution in [-0.2, 0) is 0 Å². The first-order valence-corrected chi connectivity index (χ1v) is 7.66. The van der Waals surface area contributed by atoms with E-state index >= 15 is 0 Å². The highest BCUT2D eigenvalue weighted by Crippen LogP contribution is 2.32. The average Bonchev–Trinajstić information content (AvgIpc) is 2.41. The third-order valence-corrected chi connectivity index (χ3v) is 4.08. The maximum absolute atomic E-state index is 5.63. The zero-order chi connectivity index (χ0) is 15.2. The molecule has 0 aliphatic heterocycles. The topological polar surface area (TPSA) is 24.5 Å². The number of hydrogen-bond acceptors (Lipinski definition) is 3. The summed E-state index contributed by atoms with van der Waals surface area (Å²) in [5, 5.41) is 3.48. The van der Waals surface area contributed by atoms with Crippen molar-refractivity contribution >= 4 is 0 Å². The summed E-state index contributed by atoms with van der Waals surface area (Å²) in [5.74, 6) is 0.945. The van der Waals surface area contributed by atoms with E-state index < -0.39 is 0 Å². The van der Waals surface area contributed by atoms with Crippen molar-refractivity contribution in [3.05, 3.63) is 29.8 Å². The van der Waals surface area contributed by atoms with E-state index in [1.54, 1.807) is 0 Å². The van der Waals surface area contributed by atoms with Crippen LogP contribution in [0.25, 0.3) is 0 Å². The molecule has 0 amide bonds. The lowest BCUT2D eigenvalue weighted by Crippen LogP contribution is -2.51. The first kappa shape index (κ1) is 17.0. The lowest BCUT2D eigenvalue weighted by atomic mass is 9.86. The highest BCUT2D eigenvalue weighted by atomic mass is 16.5. The normalized spacial score (nSPS) is 13.6. The third kappa shape index (κ3) is 3.74.